The second-order valence-electron chi connectivity index (χ2n) is 7.26. The zero-order chi connectivity index (χ0) is 23.6. The standard InChI is InChI=1S/C23H18F2N4O3S/c1-2-9-33(31,32)29-16-11-17(22(25)18(24)12-16)23(30)15-3-4-19-20(10-15)28-21(13-27-19)14-5-7-26-8-6-14/h3-8,10-13,29H,2,9H2,1H3. The Balaban J connectivity index is 1.73. The summed E-state index contributed by atoms with van der Waals surface area (Å²) in [5.74, 6) is -3.72. The maximum atomic E-state index is 14.5. The summed E-state index contributed by atoms with van der Waals surface area (Å²) in [4.78, 5) is 25.8. The van der Waals surface area contributed by atoms with Crippen LogP contribution in [0.4, 0.5) is 14.5 Å². The lowest BCUT2D eigenvalue weighted by atomic mass is 10.0. The molecule has 0 bridgehead atoms. The van der Waals surface area contributed by atoms with Crippen LogP contribution in [0.15, 0.2) is 61.1 Å². The molecule has 0 saturated carbocycles. The number of halogens is 2. The van der Waals surface area contributed by atoms with E-state index in [1.54, 1.807) is 43.7 Å². The number of carbonyl (C=O) groups excluding carboxylic acids is 1. The molecule has 0 aliphatic carbocycles. The van der Waals surface area contributed by atoms with Crippen molar-refractivity contribution < 1.29 is 22.0 Å². The fourth-order valence-electron chi connectivity index (χ4n) is 3.28. The minimum atomic E-state index is -3.75. The number of nitrogens with zero attached hydrogens (tertiary/aromatic N) is 3. The van der Waals surface area contributed by atoms with Gasteiger partial charge in [-0.1, -0.05) is 6.92 Å². The SMILES string of the molecule is CCCS(=O)(=O)Nc1cc(F)c(F)c(C(=O)c2ccc3ncc(-c4ccncc4)nc3c2)c1. The monoisotopic (exact) mass is 468 g/mol. The first kappa shape index (κ1) is 22.4. The van der Waals surface area contributed by atoms with Gasteiger partial charge in [0.2, 0.25) is 10.0 Å². The number of ketones is 1. The van der Waals surface area contributed by atoms with Gasteiger partial charge in [0, 0.05) is 29.6 Å². The lowest BCUT2D eigenvalue weighted by Crippen LogP contribution is -2.17. The van der Waals surface area contributed by atoms with Crippen LogP contribution in [0.2, 0.25) is 0 Å². The fraction of sp³-hybridized carbons (Fsp3) is 0.130. The Morgan fingerprint density at radius 1 is 1.03 bits per heavy atom. The van der Waals surface area contributed by atoms with Crippen molar-refractivity contribution in [2.75, 3.05) is 10.5 Å². The molecule has 2 aromatic carbocycles. The van der Waals surface area contributed by atoms with E-state index in [2.05, 4.69) is 19.7 Å². The number of rotatable bonds is 7. The van der Waals surface area contributed by atoms with Crippen LogP contribution in [0.1, 0.15) is 29.3 Å². The molecular formula is C23H18F2N4O3S. The number of pyridine rings is 1. The predicted molar refractivity (Wildman–Crippen MR) is 120 cm³/mol. The first-order valence-electron chi connectivity index (χ1n) is 9.99. The molecule has 1 N–H and O–H groups in total. The Morgan fingerprint density at radius 2 is 1.79 bits per heavy atom. The van der Waals surface area contributed by atoms with Crippen LogP contribution < -0.4 is 4.72 Å². The summed E-state index contributed by atoms with van der Waals surface area (Å²) in [5, 5.41) is 0. The average Bonchev–Trinajstić information content (AvgIpc) is 2.80. The topological polar surface area (TPSA) is 102 Å². The van der Waals surface area contributed by atoms with Crippen molar-refractivity contribution in [2.45, 2.75) is 13.3 Å². The zero-order valence-electron chi connectivity index (χ0n) is 17.4. The van der Waals surface area contributed by atoms with Crippen LogP contribution in [0.25, 0.3) is 22.3 Å². The molecule has 2 heterocycles. The molecule has 168 valence electrons. The molecule has 0 radical (unpaired) electrons. The number of hydrogen-bond acceptors (Lipinski definition) is 6. The Morgan fingerprint density at radius 3 is 2.52 bits per heavy atom. The largest absolute Gasteiger partial charge is 0.288 e. The van der Waals surface area contributed by atoms with Crippen LogP contribution in [0.5, 0.6) is 0 Å². The summed E-state index contributed by atoms with van der Waals surface area (Å²) in [6.07, 6.45) is 5.14. The van der Waals surface area contributed by atoms with Gasteiger partial charge in [-0.25, -0.2) is 22.2 Å². The Bertz CT molecular complexity index is 1460. The summed E-state index contributed by atoms with van der Waals surface area (Å²) >= 11 is 0. The molecule has 33 heavy (non-hydrogen) atoms. The van der Waals surface area contributed by atoms with Gasteiger partial charge in [0.25, 0.3) is 0 Å². The summed E-state index contributed by atoms with van der Waals surface area (Å²) in [7, 11) is -3.75. The zero-order valence-corrected chi connectivity index (χ0v) is 18.2. The quantitative estimate of drug-likeness (QED) is 0.405. The van der Waals surface area contributed by atoms with Gasteiger partial charge >= 0.3 is 0 Å². The normalized spacial score (nSPS) is 11.5. The number of benzene rings is 2. The van der Waals surface area contributed by atoms with Crippen LogP contribution in [0.3, 0.4) is 0 Å². The van der Waals surface area contributed by atoms with E-state index in [4.69, 9.17) is 0 Å². The predicted octanol–water partition coefficient (Wildman–Crippen LogP) is 4.35. The Labute approximate surface area is 188 Å². The van der Waals surface area contributed by atoms with E-state index in [9.17, 15) is 22.0 Å². The number of sulfonamides is 1. The molecule has 7 nitrogen and oxygen atoms in total. The van der Waals surface area contributed by atoms with Gasteiger partial charge in [-0.2, -0.15) is 0 Å². The summed E-state index contributed by atoms with van der Waals surface area (Å²) in [6.45, 7) is 1.67. The number of carbonyl (C=O) groups is 1. The molecule has 0 spiro atoms. The van der Waals surface area contributed by atoms with Crippen molar-refractivity contribution >= 4 is 32.5 Å². The fourth-order valence-corrected chi connectivity index (χ4v) is 4.40. The summed E-state index contributed by atoms with van der Waals surface area (Å²) in [5.41, 5.74) is 1.45. The molecule has 10 heteroatoms. The van der Waals surface area contributed by atoms with Gasteiger partial charge in [0.1, 0.15) is 0 Å². The van der Waals surface area contributed by atoms with E-state index in [0.717, 1.165) is 11.6 Å². The molecule has 0 aliphatic heterocycles. The lowest BCUT2D eigenvalue weighted by molar-refractivity contribution is 0.103. The smallest absolute Gasteiger partial charge is 0.232 e. The Hall–Kier alpha value is -3.79. The van der Waals surface area contributed by atoms with Gasteiger partial charge in [-0.15, -0.1) is 0 Å². The van der Waals surface area contributed by atoms with Crippen molar-refractivity contribution in [3.05, 3.63) is 83.8 Å². The minimum Gasteiger partial charge on any atom is -0.288 e. The summed E-state index contributed by atoms with van der Waals surface area (Å²) in [6, 6.07) is 9.61. The van der Waals surface area contributed by atoms with Crippen molar-refractivity contribution in [2.24, 2.45) is 0 Å². The first-order chi connectivity index (χ1) is 15.8. The lowest BCUT2D eigenvalue weighted by Gasteiger charge is -2.11. The average molecular weight is 468 g/mol. The van der Waals surface area contributed by atoms with E-state index < -0.39 is 33.0 Å². The van der Waals surface area contributed by atoms with Crippen LogP contribution >= 0.6 is 0 Å². The third-order valence-electron chi connectivity index (χ3n) is 4.80. The molecule has 0 saturated heterocycles. The number of hydrogen-bond donors (Lipinski definition) is 1. The highest BCUT2D eigenvalue weighted by Crippen LogP contribution is 2.25. The van der Waals surface area contributed by atoms with Gasteiger partial charge in [0.15, 0.2) is 17.4 Å². The van der Waals surface area contributed by atoms with E-state index >= 15 is 0 Å². The number of aromatic nitrogens is 3. The molecule has 4 aromatic rings. The molecule has 0 aliphatic rings. The maximum Gasteiger partial charge on any atom is 0.232 e. The van der Waals surface area contributed by atoms with Gasteiger partial charge in [-0.3, -0.25) is 19.5 Å². The van der Waals surface area contributed by atoms with Crippen molar-refractivity contribution in [3.63, 3.8) is 0 Å². The van der Waals surface area contributed by atoms with Crippen LogP contribution in [-0.2, 0) is 10.0 Å². The number of anilines is 1. The van der Waals surface area contributed by atoms with Crippen molar-refractivity contribution in [3.8, 4) is 11.3 Å². The highest BCUT2D eigenvalue weighted by atomic mass is 32.2. The molecule has 0 atom stereocenters. The number of nitrogens with one attached hydrogen (secondary N) is 1. The molecule has 0 unspecified atom stereocenters. The van der Waals surface area contributed by atoms with Gasteiger partial charge in [-0.05, 0) is 42.8 Å². The first-order valence-corrected chi connectivity index (χ1v) is 11.6. The van der Waals surface area contributed by atoms with Crippen molar-refractivity contribution in [1.82, 2.24) is 15.0 Å². The third-order valence-corrected chi connectivity index (χ3v) is 6.29. The van der Waals surface area contributed by atoms with E-state index in [1.165, 1.54) is 12.1 Å². The molecule has 4 rings (SSSR count). The second-order valence-corrected chi connectivity index (χ2v) is 9.11. The van der Waals surface area contributed by atoms with E-state index in [1.807, 2.05) is 0 Å². The molecular weight excluding hydrogens is 450 g/mol. The van der Waals surface area contributed by atoms with Crippen LogP contribution in [0, 0.1) is 11.6 Å². The van der Waals surface area contributed by atoms with Crippen LogP contribution in [-0.4, -0.2) is 34.9 Å². The molecule has 0 amide bonds. The maximum absolute atomic E-state index is 14.5. The second kappa shape index (κ2) is 8.99. The number of fused-ring (bicyclic) bond motifs is 1. The van der Waals surface area contributed by atoms with E-state index in [-0.39, 0.29) is 17.0 Å². The summed E-state index contributed by atoms with van der Waals surface area (Å²) < 4.78 is 54.9. The van der Waals surface area contributed by atoms with E-state index in [0.29, 0.717) is 29.2 Å². The molecule has 0 fully saturated rings. The van der Waals surface area contributed by atoms with Gasteiger partial charge in [0.05, 0.1) is 39.9 Å². The highest BCUT2D eigenvalue weighted by Gasteiger charge is 2.21. The highest BCUT2D eigenvalue weighted by molar-refractivity contribution is 7.92. The van der Waals surface area contributed by atoms with Crippen molar-refractivity contribution in [1.29, 1.82) is 0 Å². The Kier molecular flexibility index (Phi) is 6.10. The minimum absolute atomic E-state index is 0.0514. The third kappa shape index (κ3) is 4.85. The molecule has 2 aromatic heterocycles. The van der Waals surface area contributed by atoms with Gasteiger partial charge < -0.3 is 0 Å².